The molecule has 1 atom stereocenters. The highest BCUT2D eigenvalue weighted by Gasteiger charge is 2.24. The first kappa shape index (κ1) is 23.6. The number of guanidine groups is 1. The Morgan fingerprint density at radius 3 is 2.69 bits per heavy atom. The van der Waals surface area contributed by atoms with Gasteiger partial charge in [0.2, 0.25) is 0 Å². The molecule has 0 spiro atoms. The predicted molar refractivity (Wildman–Crippen MR) is 124 cm³/mol. The molecule has 9 nitrogen and oxygen atoms in total. The molecule has 1 aliphatic heterocycles. The highest BCUT2D eigenvalue weighted by molar-refractivity contribution is 5.80. The van der Waals surface area contributed by atoms with Crippen LogP contribution in [0.3, 0.4) is 0 Å². The third kappa shape index (κ3) is 6.70. The van der Waals surface area contributed by atoms with Crippen molar-refractivity contribution in [3.63, 3.8) is 0 Å². The second-order valence-electron chi connectivity index (χ2n) is 7.91. The molecular weight excluding hydrogens is 406 g/mol. The van der Waals surface area contributed by atoms with Gasteiger partial charge in [-0.05, 0) is 32.3 Å². The van der Waals surface area contributed by atoms with Crippen LogP contribution in [0.5, 0.6) is 0 Å². The van der Waals surface area contributed by atoms with Gasteiger partial charge in [-0.25, -0.2) is 4.79 Å². The Hall–Kier alpha value is -3.10. The van der Waals surface area contributed by atoms with Gasteiger partial charge in [-0.15, -0.1) is 10.2 Å². The number of amides is 1. The summed E-state index contributed by atoms with van der Waals surface area (Å²) in [5.41, 5.74) is 1.20. The van der Waals surface area contributed by atoms with Crippen LogP contribution in [0.1, 0.15) is 51.0 Å². The van der Waals surface area contributed by atoms with Gasteiger partial charge in [-0.1, -0.05) is 37.3 Å². The lowest BCUT2D eigenvalue weighted by molar-refractivity contribution is 0.0963. The van der Waals surface area contributed by atoms with Gasteiger partial charge in [0, 0.05) is 32.1 Å². The molecule has 2 aromatic rings. The first-order valence-electron chi connectivity index (χ1n) is 11.5. The van der Waals surface area contributed by atoms with E-state index in [4.69, 9.17) is 9.73 Å². The molecule has 1 saturated heterocycles. The highest BCUT2D eigenvalue weighted by atomic mass is 16.6. The van der Waals surface area contributed by atoms with Crippen LogP contribution in [-0.2, 0) is 17.7 Å². The van der Waals surface area contributed by atoms with Crippen molar-refractivity contribution in [2.45, 2.75) is 58.7 Å². The number of hydrogen-bond acceptors (Lipinski definition) is 5. The molecule has 1 unspecified atom stereocenters. The normalized spacial score (nSPS) is 16.0. The van der Waals surface area contributed by atoms with Gasteiger partial charge >= 0.3 is 6.09 Å². The Morgan fingerprint density at radius 1 is 1.25 bits per heavy atom. The van der Waals surface area contributed by atoms with Gasteiger partial charge in [-0.3, -0.25) is 4.99 Å². The number of ether oxygens (including phenoxy) is 1. The SMILES string of the molecule is CCOC(=O)N1CCC(NC(=NCCn2cnnc2CC)NC(C)c2ccccc2)CC1. The van der Waals surface area contributed by atoms with Gasteiger partial charge < -0.3 is 24.8 Å². The summed E-state index contributed by atoms with van der Waals surface area (Å²) in [7, 11) is 0. The molecule has 32 heavy (non-hydrogen) atoms. The lowest BCUT2D eigenvalue weighted by atomic mass is 10.1. The predicted octanol–water partition coefficient (Wildman–Crippen LogP) is 2.76. The molecule has 1 aromatic carbocycles. The number of piperidine rings is 1. The number of aryl methyl sites for hydroxylation is 1. The quantitative estimate of drug-likeness (QED) is 0.483. The Balaban J connectivity index is 1.61. The molecule has 1 aromatic heterocycles. The first-order chi connectivity index (χ1) is 15.6. The van der Waals surface area contributed by atoms with Crippen molar-refractivity contribution in [1.29, 1.82) is 0 Å². The van der Waals surface area contributed by atoms with E-state index in [-0.39, 0.29) is 18.2 Å². The Bertz CT molecular complexity index is 860. The first-order valence-corrected chi connectivity index (χ1v) is 11.5. The number of aliphatic imine (C=N–C) groups is 1. The van der Waals surface area contributed by atoms with E-state index >= 15 is 0 Å². The summed E-state index contributed by atoms with van der Waals surface area (Å²) in [5, 5.41) is 15.3. The number of carbonyl (C=O) groups is 1. The molecule has 0 aliphatic carbocycles. The Kier molecular flexibility index (Phi) is 8.89. The van der Waals surface area contributed by atoms with E-state index < -0.39 is 0 Å². The molecule has 2 heterocycles. The van der Waals surface area contributed by atoms with E-state index in [9.17, 15) is 4.79 Å². The number of aromatic nitrogens is 3. The Labute approximate surface area is 190 Å². The lowest BCUT2D eigenvalue weighted by Crippen LogP contribution is -2.50. The van der Waals surface area contributed by atoms with Crippen molar-refractivity contribution in [2.75, 3.05) is 26.2 Å². The zero-order valence-electron chi connectivity index (χ0n) is 19.3. The summed E-state index contributed by atoms with van der Waals surface area (Å²) in [6.07, 6.45) is 4.08. The fraction of sp³-hybridized carbons (Fsp3) is 0.565. The number of nitrogens with one attached hydrogen (secondary N) is 2. The lowest BCUT2D eigenvalue weighted by Gasteiger charge is -2.33. The molecule has 174 valence electrons. The standard InChI is InChI=1S/C23H35N7O2/c1-4-21-28-25-17-30(21)16-13-24-22(26-18(3)19-9-7-6-8-10-19)27-20-11-14-29(15-12-20)23(31)32-5-2/h6-10,17-18,20H,4-5,11-16H2,1-3H3,(H2,24,26,27). The summed E-state index contributed by atoms with van der Waals surface area (Å²) in [6.45, 7) is 9.14. The summed E-state index contributed by atoms with van der Waals surface area (Å²) in [4.78, 5) is 18.6. The smallest absolute Gasteiger partial charge is 0.409 e. The van der Waals surface area contributed by atoms with Crippen LogP contribution in [0.25, 0.3) is 0 Å². The minimum atomic E-state index is -0.226. The molecule has 1 aliphatic rings. The van der Waals surface area contributed by atoms with Crippen molar-refractivity contribution in [1.82, 2.24) is 30.3 Å². The number of rotatable bonds is 8. The van der Waals surface area contributed by atoms with Gasteiger partial charge in [0.1, 0.15) is 12.2 Å². The van der Waals surface area contributed by atoms with Crippen LogP contribution in [-0.4, -0.2) is 64.0 Å². The van der Waals surface area contributed by atoms with Crippen molar-refractivity contribution in [3.8, 4) is 0 Å². The van der Waals surface area contributed by atoms with E-state index in [2.05, 4.69) is 46.8 Å². The zero-order valence-corrected chi connectivity index (χ0v) is 19.3. The van der Waals surface area contributed by atoms with E-state index in [0.29, 0.717) is 26.2 Å². The number of likely N-dealkylation sites (tertiary alicyclic amines) is 1. The second kappa shape index (κ2) is 12.1. The van der Waals surface area contributed by atoms with Gasteiger partial charge in [0.05, 0.1) is 19.2 Å². The third-order valence-corrected chi connectivity index (χ3v) is 5.64. The summed E-state index contributed by atoms with van der Waals surface area (Å²) >= 11 is 0. The molecule has 1 fully saturated rings. The zero-order chi connectivity index (χ0) is 22.8. The van der Waals surface area contributed by atoms with Crippen molar-refractivity contribution in [3.05, 3.63) is 48.0 Å². The van der Waals surface area contributed by atoms with Crippen LogP contribution in [0, 0.1) is 0 Å². The van der Waals surface area contributed by atoms with Crippen molar-refractivity contribution >= 4 is 12.1 Å². The maximum absolute atomic E-state index is 12.0. The van der Waals surface area contributed by atoms with E-state index in [1.54, 1.807) is 11.2 Å². The number of benzene rings is 1. The summed E-state index contributed by atoms with van der Waals surface area (Å²) in [5.74, 6) is 1.74. The van der Waals surface area contributed by atoms with Crippen LogP contribution in [0.15, 0.2) is 41.7 Å². The van der Waals surface area contributed by atoms with Crippen LogP contribution in [0.4, 0.5) is 4.79 Å². The maximum atomic E-state index is 12.0. The molecule has 0 radical (unpaired) electrons. The van der Waals surface area contributed by atoms with E-state index in [0.717, 1.165) is 37.6 Å². The molecule has 1 amide bonds. The molecule has 0 saturated carbocycles. The summed E-state index contributed by atoms with van der Waals surface area (Å²) < 4.78 is 7.17. The molecule has 9 heteroatoms. The van der Waals surface area contributed by atoms with Crippen molar-refractivity contribution in [2.24, 2.45) is 4.99 Å². The van der Waals surface area contributed by atoms with Gasteiger partial charge in [0.25, 0.3) is 0 Å². The molecule has 3 rings (SSSR count). The number of hydrogen-bond donors (Lipinski definition) is 2. The molecular formula is C23H35N7O2. The van der Waals surface area contributed by atoms with Crippen LogP contribution >= 0.6 is 0 Å². The maximum Gasteiger partial charge on any atom is 0.409 e. The Morgan fingerprint density at radius 2 is 2.00 bits per heavy atom. The molecule has 0 bridgehead atoms. The van der Waals surface area contributed by atoms with Gasteiger partial charge in [0.15, 0.2) is 5.96 Å². The number of nitrogens with zero attached hydrogens (tertiary/aromatic N) is 5. The fourth-order valence-corrected chi connectivity index (χ4v) is 3.79. The minimum Gasteiger partial charge on any atom is -0.450 e. The second-order valence-corrected chi connectivity index (χ2v) is 7.91. The van der Waals surface area contributed by atoms with Gasteiger partial charge in [-0.2, -0.15) is 0 Å². The topological polar surface area (TPSA) is 96.7 Å². The van der Waals surface area contributed by atoms with E-state index in [1.165, 1.54) is 5.56 Å². The van der Waals surface area contributed by atoms with Crippen LogP contribution in [0.2, 0.25) is 0 Å². The van der Waals surface area contributed by atoms with Crippen molar-refractivity contribution < 1.29 is 9.53 Å². The minimum absolute atomic E-state index is 0.114. The largest absolute Gasteiger partial charge is 0.450 e. The van der Waals surface area contributed by atoms with E-state index in [1.807, 2.05) is 29.7 Å². The highest BCUT2D eigenvalue weighted by Crippen LogP contribution is 2.14. The number of carbonyl (C=O) groups excluding carboxylic acids is 1. The summed E-state index contributed by atoms with van der Waals surface area (Å²) in [6, 6.07) is 10.7. The molecule has 2 N–H and O–H groups in total. The monoisotopic (exact) mass is 441 g/mol. The fourth-order valence-electron chi connectivity index (χ4n) is 3.79. The average molecular weight is 442 g/mol. The van der Waals surface area contributed by atoms with Crippen LogP contribution < -0.4 is 10.6 Å². The average Bonchev–Trinajstić information content (AvgIpc) is 3.27. The third-order valence-electron chi connectivity index (χ3n) is 5.64.